The summed E-state index contributed by atoms with van der Waals surface area (Å²) >= 11 is 6.21. The molecule has 0 unspecified atom stereocenters. The molecule has 4 aromatic rings. The summed E-state index contributed by atoms with van der Waals surface area (Å²) in [5.74, 6) is -0.334. The Morgan fingerprint density at radius 1 is 1.00 bits per heavy atom. The number of alkyl halides is 3. The number of nitrogens with zero attached hydrogens (tertiary/aromatic N) is 3. The van der Waals surface area contributed by atoms with Crippen LogP contribution in [0.3, 0.4) is 0 Å². The molecule has 0 aliphatic carbocycles. The maximum absolute atomic E-state index is 13.4. The zero-order chi connectivity index (χ0) is 24.5. The molecule has 4 rings (SSSR count). The fraction of sp³-hybridized carbons (Fsp3) is 0.120. The summed E-state index contributed by atoms with van der Waals surface area (Å²) < 4.78 is 41.3. The quantitative estimate of drug-likeness (QED) is 0.338. The van der Waals surface area contributed by atoms with Crippen LogP contribution in [0.5, 0.6) is 0 Å². The zero-order valence-corrected chi connectivity index (χ0v) is 19.0. The summed E-state index contributed by atoms with van der Waals surface area (Å²) in [6.07, 6.45) is -4.62. The minimum atomic E-state index is -4.62. The lowest BCUT2D eigenvalue weighted by Crippen LogP contribution is -2.12. The van der Waals surface area contributed by atoms with E-state index in [0.29, 0.717) is 22.5 Å². The summed E-state index contributed by atoms with van der Waals surface area (Å²) in [4.78, 5) is 14.6. The highest BCUT2D eigenvalue weighted by atomic mass is 35.5. The predicted octanol–water partition coefficient (Wildman–Crippen LogP) is 6.78. The van der Waals surface area contributed by atoms with Crippen molar-refractivity contribution in [1.29, 1.82) is 0 Å². The molecule has 1 N–H and O–H groups in total. The van der Waals surface area contributed by atoms with Crippen molar-refractivity contribution in [1.82, 2.24) is 9.78 Å². The topological polar surface area (TPSA) is 50.2 Å². The van der Waals surface area contributed by atoms with E-state index in [1.807, 2.05) is 31.1 Å². The van der Waals surface area contributed by atoms with Gasteiger partial charge in [0.1, 0.15) is 0 Å². The van der Waals surface area contributed by atoms with E-state index in [-0.39, 0.29) is 18.1 Å². The fourth-order valence-electron chi connectivity index (χ4n) is 3.37. The van der Waals surface area contributed by atoms with Gasteiger partial charge in [0, 0.05) is 38.0 Å². The van der Waals surface area contributed by atoms with E-state index in [1.165, 1.54) is 0 Å². The molecule has 1 aromatic heterocycles. The molecule has 3 aromatic carbocycles. The van der Waals surface area contributed by atoms with Gasteiger partial charge in [0.2, 0.25) is 0 Å². The number of rotatable bonds is 5. The largest absolute Gasteiger partial charge is 0.435 e. The first-order valence-electron chi connectivity index (χ1n) is 10.2. The van der Waals surface area contributed by atoms with Gasteiger partial charge >= 0.3 is 6.18 Å². The summed E-state index contributed by atoms with van der Waals surface area (Å²) in [6, 6.07) is 21.1. The van der Waals surface area contributed by atoms with Crippen LogP contribution in [0.15, 0.2) is 78.9 Å². The van der Waals surface area contributed by atoms with Crippen molar-refractivity contribution >= 4 is 28.9 Å². The second kappa shape index (κ2) is 9.23. The van der Waals surface area contributed by atoms with Gasteiger partial charge < -0.3 is 10.2 Å². The van der Waals surface area contributed by atoms with E-state index in [1.54, 1.807) is 60.7 Å². The van der Waals surface area contributed by atoms with Gasteiger partial charge in [-0.3, -0.25) is 4.79 Å². The number of halogens is 4. The maximum Gasteiger partial charge on any atom is 0.435 e. The molecule has 0 saturated heterocycles. The highest BCUT2D eigenvalue weighted by molar-refractivity contribution is 6.32. The molecular formula is C25H22ClF3N4O. The summed E-state index contributed by atoms with van der Waals surface area (Å²) in [5, 5.41) is 6.82. The first-order valence-corrected chi connectivity index (χ1v) is 10.6. The third-order valence-electron chi connectivity index (χ3n) is 5.16. The van der Waals surface area contributed by atoms with Crippen molar-refractivity contribution in [3.05, 3.63) is 95.1 Å². The van der Waals surface area contributed by atoms with Crippen molar-refractivity contribution in [3.8, 4) is 16.9 Å². The molecular weight excluding hydrogens is 465 g/mol. The molecule has 0 aliphatic heterocycles. The van der Waals surface area contributed by atoms with E-state index >= 15 is 0 Å². The van der Waals surface area contributed by atoms with Gasteiger partial charge in [0.15, 0.2) is 5.69 Å². The molecule has 1 amide bonds. The van der Waals surface area contributed by atoms with Gasteiger partial charge in [-0.2, -0.15) is 18.3 Å². The molecule has 9 heteroatoms. The Bertz CT molecular complexity index is 1320. The maximum atomic E-state index is 13.4. The van der Waals surface area contributed by atoms with E-state index in [9.17, 15) is 18.0 Å². The number of amides is 1. The zero-order valence-electron chi connectivity index (χ0n) is 18.3. The molecule has 0 saturated carbocycles. The standard InChI is InChI=1S/C25H20ClF3N4O.H2/c1-32(2)19-13-11-18(12-14-19)30-24(34)17-9-7-16(8-10-17)22-15-23(25(27,28)29)31-33(22)21-6-4-3-5-20(21)26;/h3-15H,1-2H3,(H,30,34);1H. The van der Waals surface area contributed by atoms with Crippen molar-refractivity contribution in [3.63, 3.8) is 0 Å². The lowest BCUT2D eigenvalue weighted by atomic mass is 10.1. The number of anilines is 2. The molecule has 0 aliphatic rings. The first kappa shape index (κ1) is 23.4. The third-order valence-corrected chi connectivity index (χ3v) is 5.48. The Morgan fingerprint density at radius 3 is 2.24 bits per heavy atom. The lowest BCUT2D eigenvalue weighted by Gasteiger charge is -2.13. The molecule has 34 heavy (non-hydrogen) atoms. The van der Waals surface area contributed by atoms with Gasteiger partial charge in [0.05, 0.1) is 16.4 Å². The van der Waals surface area contributed by atoms with Gasteiger partial charge in [-0.05, 0) is 54.6 Å². The molecule has 0 spiro atoms. The van der Waals surface area contributed by atoms with Crippen LogP contribution in [0.25, 0.3) is 16.9 Å². The summed E-state index contributed by atoms with van der Waals surface area (Å²) in [6.45, 7) is 0. The highest BCUT2D eigenvalue weighted by Gasteiger charge is 2.35. The highest BCUT2D eigenvalue weighted by Crippen LogP contribution is 2.34. The molecule has 0 fully saturated rings. The monoisotopic (exact) mass is 486 g/mol. The minimum Gasteiger partial charge on any atom is -0.378 e. The second-order valence-electron chi connectivity index (χ2n) is 7.75. The number of hydrogen-bond acceptors (Lipinski definition) is 3. The van der Waals surface area contributed by atoms with E-state index in [2.05, 4.69) is 10.4 Å². The third kappa shape index (κ3) is 4.92. The second-order valence-corrected chi connectivity index (χ2v) is 8.16. The van der Waals surface area contributed by atoms with Gasteiger partial charge in [-0.1, -0.05) is 35.9 Å². The summed E-state index contributed by atoms with van der Waals surface area (Å²) in [7, 11) is 3.84. The van der Waals surface area contributed by atoms with Crippen LogP contribution in [0.1, 0.15) is 17.5 Å². The summed E-state index contributed by atoms with van der Waals surface area (Å²) in [5.41, 5.74) is 1.92. The molecule has 1 heterocycles. The smallest absolute Gasteiger partial charge is 0.378 e. The number of nitrogens with one attached hydrogen (secondary N) is 1. The van der Waals surface area contributed by atoms with Crippen molar-refractivity contribution in [2.75, 3.05) is 24.3 Å². The van der Waals surface area contributed by atoms with Crippen LogP contribution in [0, 0.1) is 0 Å². The Kier molecular flexibility index (Phi) is 6.34. The average Bonchev–Trinajstić information content (AvgIpc) is 3.26. The van der Waals surface area contributed by atoms with E-state index < -0.39 is 11.9 Å². The Hall–Kier alpha value is -3.78. The fourth-order valence-corrected chi connectivity index (χ4v) is 3.59. The predicted molar refractivity (Wildman–Crippen MR) is 130 cm³/mol. The van der Waals surface area contributed by atoms with Crippen LogP contribution in [-0.4, -0.2) is 29.8 Å². The number of para-hydroxylation sites is 1. The van der Waals surface area contributed by atoms with Gasteiger partial charge in [-0.15, -0.1) is 0 Å². The van der Waals surface area contributed by atoms with Crippen molar-refractivity contribution in [2.24, 2.45) is 0 Å². The Labute approximate surface area is 200 Å². The SMILES string of the molecule is CN(C)c1ccc(NC(=O)c2ccc(-c3cc(C(F)(F)F)nn3-c3ccccc3Cl)cc2)cc1.[HH]. The average molecular weight is 487 g/mol. The number of carbonyl (C=O) groups excluding carboxylic acids is 1. The van der Waals surface area contributed by atoms with Crippen molar-refractivity contribution < 1.29 is 19.4 Å². The number of carbonyl (C=O) groups is 1. The molecule has 5 nitrogen and oxygen atoms in total. The van der Waals surface area contributed by atoms with Gasteiger partial charge in [-0.25, -0.2) is 4.68 Å². The van der Waals surface area contributed by atoms with Gasteiger partial charge in [0.25, 0.3) is 5.91 Å². The molecule has 0 atom stereocenters. The number of hydrogen-bond donors (Lipinski definition) is 1. The van der Waals surface area contributed by atoms with E-state index in [4.69, 9.17) is 11.6 Å². The van der Waals surface area contributed by atoms with Crippen LogP contribution >= 0.6 is 11.6 Å². The van der Waals surface area contributed by atoms with Crippen LogP contribution in [-0.2, 0) is 6.18 Å². The molecule has 176 valence electrons. The van der Waals surface area contributed by atoms with Crippen LogP contribution < -0.4 is 10.2 Å². The number of benzene rings is 3. The normalized spacial score (nSPS) is 11.4. The molecule has 0 radical (unpaired) electrons. The van der Waals surface area contributed by atoms with E-state index in [0.717, 1.165) is 16.4 Å². The Balaban J connectivity index is 0.00000342. The first-order chi connectivity index (χ1) is 16.1. The number of aromatic nitrogens is 2. The van der Waals surface area contributed by atoms with Crippen LogP contribution in [0.2, 0.25) is 5.02 Å². The lowest BCUT2D eigenvalue weighted by molar-refractivity contribution is -0.141. The van der Waals surface area contributed by atoms with Crippen molar-refractivity contribution in [2.45, 2.75) is 6.18 Å². The van der Waals surface area contributed by atoms with Crippen LogP contribution in [0.4, 0.5) is 24.5 Å². The minimum absolute atomic E-state index is 0. The Morgan fingerprint density at radius 2 is 1.65 bits per heavy atom. The molecule has 0 bridgehead atoms.